The first-order chi connectivity index (χ1) is 8.38. The molecule has 0 aromatic heterocycles. The molecule has 0 saturated carbocycles. The highest BCUT2D eigenvalue weighted by Crippen LogP contribution is 2.35. The standard InChI is InChI=1S/C11H11NO6/c1-6-3-8(4-13)7(2)10(12(16)17)11(6)18-5-9(14)15/h3-4H,5H2,1-2H3,(H,14,15). The first kappa shape index (κ1) is 13.6. The van der Waals surface area contributed by atoms with Crippen molar-refractivity contribution in [3.63, 3.8) is 0 Å². The van der Waals surface area contributed by atoms with E-state index in [2.05, 4.69) is 0 Å². The Morgan fingerprint density at radius 1 is 1.56 bits per heavy atom. The van der Waals surface area contributed by atoms with Gasteiger partial charge in [-0.25, -0.2) is 4.79 Å². The van der Waals surface area contributed by atoms with Crippen molar-refractivity contribution in [2.45, 2.75) is 13.8 Å². The minimum Gasteiger partial charge on any atom is -0.479 e. The molecule has 0 aliphatic carbocycles. The molecule has 0 unspecified atom stereocenters. The maximum Gasteiger partial charge on any atom is 0.341 e. The minimum atomic E-state index is -1.24. The number of carboxylic acid groups (broad SMARTS) is 1. The van der Waals surface area contributed by atoms with Crippen LogP contribution in [0, 0.1) is 24.0 Å². The highest BCUT2D eigenvalue weighted by atomic mass is 16.6. The molecule has 1 rings (SSSR count). The Bertz CT molecular complexity index is 523. The molecular formula is C11H11NO6. The van der Waals surface area contributed by atoms with E-state index < -0.39 is 17.5 Å². The summed E-state index contributed by atoms with van der Waals surface area (Å²) in [7, 11) is 0. The van der Waals surface area contributed by atoms with Crippen molar-refractivity contribution in [3.05, 3.63) is 32.9 Å². The largest absolute Gasteiger partial charge is 0.479 e. The first-order valence-corrected chi connectivity index (χ1v) is 4.96. The Balaban J connectivity index is 3.39. The summed E-state index contributed by atoms with van der Waals surface area (Å²) in [6.45, 7) is 2.24. The predicted octanol–water partition coefficient (Wildman–Crippen LogP) is 1.49. The van der Waals surface area contributed by atoms with Gasteiger partial charge in [-0.2, -0.15) is 0 Å². The second-order valence-corrected chi connectivity index (χ2v) is 3.64. The van der Waals surface area contributed by atoms with Crippen LogP contribution in [0.1, 0.15) is 21.5 Å². The van der Waals surface area contributed by atoms with E-state index in [0.29, 0.717) is 11.8 Å². The number of benzene rings is 1. The normalized spacial score (nSPS) is 9.89. The molecular weight excluding hydrogens is 242 g/mol. The maximum absolute atomic E-state index is 11.0. The van der Waals surface area contributed by atoms with E-state index >= 15 is 0 Å². The number of rotatable bonds is 5. The van der Waals surface area contributed by atoms with Crippen LogP contribution in [0.5, 0.6) is 5.75 Å². The van der Waals surface area contributed by atoms with Crippen molar-refractivity contribution in [2.75, 3.05) is 6.61 Å². The van der Waals surface area contributed by atoms with Gasteiger partial charge >= 0.3 is 11.7 Å². The smallest absolute Gasteiger partial charge is 0.341 e. The van der Waals surface area contributed by atoms with Crippen LogP contribution in [0.2, 0.25) is 0 Å². The second kappa shape index (κ2) is 5.26. The van der Waals surface area contributed by atoms with Crippen molar-refractivity contribution in [3.8, 4) is 5.75 Å². The molecule has 0 aliphatic rings. The zero-order valence-electron chi connectivity index (χ0n) is 9.80. The fraction of sp³-hybridized carbons (Fsp3) is 0.273. The number of aliphatic carboxylic acids is 1. The third-order valence-corrected chi connectivity index (χ3v) is 2.38. The van der Waals surface area contributed by atoms with Gasteiger partial charge in [-0.1, -0.05) is 0 Å². The van der Waals surface area contributed by atoms with E-state index in [-0.39, 0.29) is 22.6 Å². The number of nitro groups is 1. The average molecular weight is 253 g/mol. The summed E-state index contributed by atoms with van der Waals surface area (Å²) in [5.41, 5.74) is 0.303. The van der Waals surface area contributed by atoms with E-state index in [4.69, 9.17) is 9.84 Å². The molecule has 18 heavy (non-hydrogen) atoms. The number of carbonyl (C=O) groups is 2. The minimum absolute atomic E-state index is 0.120. The SMILES string of the molecule is Cc1cc(C=O)c(C)c([N+](=O)[O-])c1OCC(=O)O. The number of aldehydes is 1. The molecule has 0 bridgehead atoms. The van der Waals surface area contributed by atoms with Crippen molar-refractivity contribution < 1.29 is 24.4 Å². The van der Waals surface area contributed by atoms with Crippen molar-refractivity contribution in [1.82, 2.24) is 0 Å². The molecule has 0 atom stereocenters. The second-order valence-electron chi connectivity index (χ2n) is 3.64. The molecule has 1 aromatic rings. The van der Waals surface area contributed by atoms with E-state index in [9.17, 15) is 19.7 Å². The third-order valence-electron chi connectivity index (χ3n) is 2.38. The van der Waals surface area contributed by atoms with E-state index in [0.717, 1.165) is 0 Å². The Hall–Kier alpha value is -2.44. The van der Waals surface area contributed by atoms with Gasteiger partial charge in [0.25, 0.3) is 0 Å². The molecule has 1 aromatic carbocycles. The molecule has 7 nitrogen and oxygen atoms in total. The Kier molecular flexibility index (Phi) is 3.98. The Morgan fingerprint density at radius 3 is 2.61 bits per heavy atom. The van der Waals surface area contributed by atoms with Crippen LogP contribution >= 0.6 is 0 Å². The first-order valence-electron chi connectivity index (χ1n) is 4.96. The molecule has 0 heterocycles. The van der Waals surface area contributed by atoms with Gasteiger partial charge in [-0.05, 0) is 25.5 Å². The monoisotopic (exact) mass is 253 g/mol. The van der Waals surface area contributed by atoms with E-state index in [1.54, 1.807) is 0 Å². The summed E-state index contributed by atoms with van der Waals surface area (Å²) in [5, 5.41) is 19.5. The fourth-order valence-electron chi connectivity index (χ4n) is 1.56. The van der Waals surface area contributed by atoms with Crippen molar-refractivity contribution in [2.24, 2.45) is 0 Å². The summed E-state index contributed by atoms with van der Waals surface area (Å²) >= 11 is 0. The molecule has 0 spiro atoms. The lowest BCUT2D eigenvalue weighted by molar-refractivity contribution is -0.386. The zero-order valence-corrected chi connectivity index (χ0v) is 9.80. The summed E-state index contributed by atoms with van der Waals surface area (Å²) in [4.78, 5) is 31.5. The molecule has 1 N–H and O–H groups in total. The molecule has 0 saturated heterocycles. The van der Waals surface area contributed by atoms with Gasteiger partial charge in [0.15, 0.2) is 12.9 Å². The van der Waals surface area contributed by atoms with Gasteiger partial charge in [0.2, 0.25) is 5.75 Å². The van der Waals surface area contributed by atoms with Gasteiger partial charge in [-0.3, -0.25) is 14.9 Å². The number of carbonyl (C=O) groups excluding carboxylic acids is 1. The number of carboxylic acids is 1. The summed E-state index contributed by atoms with van der Waals surface area (Å²) in [5.74, 6) is -1.36. The van der Waals surface area contributed by atoms with Crippen LogP contribution in [-0.2, 0) is 4.79 Å². The predicted molar refractivity (Wildman–Crippen MR) is 61.1 cm³/mol. The summed E-state index contributed by atoms with van der Waals surface area (Å²) in [6, 6.07) is 1.42. The summed E-state index contributed by atoms with van der Waals surface area (Å²) in [6.07, 6.45) is 0.510. The van der Waals surface area contributed by atoms with Gasteiger partial charge < -0.3 is 9.84 Å². The van der Waals surface area contributed by atoms with Crippen molar-refractivity contribution in [1.29, 1.82) is 0 Å². The number of aryl methyl sites for hydroxylation is 1. The average Bonchev–Trinajstić information content (AvgIpc) is 2.28. The van der Waals surface area contributed by atoms with E-state index in [1.807, 2.05) is 0 Å². The van der Waals surface area contributed by atoms with Crippen LogP contribution in [0.15, 0.2) is 6.07 Å². The quantitative estimate of drug-likeness (QED) is 0.484. The third kappa shape index (κ3) is 2.62. The number of hydrogen-bond acceptors (Lipinski definition) is 5. The summed E-state index contributed by atoms with van der Waals surface area (Å²) < 4.78 is 4.91. The number of ether oxygens (including phenoxy) is 1. The van der Waals surface area contributed by atoms with Crippen molar-refractivity contribution >= 4 is 17.9 Å². The van der Waals surface area contributed by atoms with Gasteiger partial charge in [0, 0.05) is 11.1 Å². The maximum atomic E-state index is 11.0. The molecule has 0 aliphatic heterocycles. The lowest BCUT2D eigenvalue weighted by Crippen LogP contribution is -2.12. The van der Waals surface area contributed by atoms with Crippen LogP contribution in [0.4, 0.5) is 5.69 Å². The Morgan fingerprint density at radius 2 is 2.17 bits per heavy atom. The number of hydrogen-bond donors (Lipinski definition) is 1. The lowest BCUT2D eigenvalue weighted by Gasteiger charge is -2.10. The zero-order chi connectivity index (χ0) is 13.9. The van der Waals surface area contributed by atoms with Crippen LogP contribution in [-0.4, -0.2) is 28.9 Å². The van der Waals surface area contributed by atoms with Gasteiger partial charge in [0.1, 0.15) is 0 Å². The molecule has 0 radical (unpaired) electrons. The van der Waals surface area contributed by atoms with Gasteiger partial charge in [-0.15, -0.1) is 0 Å². The van der Waals surface area contributed by atoms with Crippen LogP contribution < -0.4 is 4.74 Å². The Labute approximate surface area is 102 Å². The molecule has 0 fully saturated rings. The molecule has 7 heteroatoms. The van der Waals surface area contributed by atoms with Gasteiger partial charge in [0.05, 0.1) is 4.92 Å². The molecule has 0 amide bonds. The van der Waals surface area contributed by atoms with Crippen LogP contribution in [0.3, 0.4) is 0 Å². The lowest BCUT2D eigenvalue weighted by atomic mass is 10.0. The molecule has 96 valence electrons. The highest BCUT2D eigenvalue weighted by Gasteiger charge is 2.24. The number of nitro benzene ring substituents is 1. The fourth-order valence-corrected chi connectivity index (χ4v) is 1.56. The number of nitrogens with zero attached hydrogens (tertiary/aromatic N) is 1. The van der Waals surface area contributed by atoms with Crippen LogP contribution in [0.25, 0.3) is 0 Å². The highest BCUT2D eigenvalue weighted by molar-refractivity contribution is 5.82. The van der Waals surface area contributed by atoms with E-state index in [1.165, 1.54) is 19.9 Å². The topological polar surface area (TPSA) is 107 Å².